The van der Waals surface area contributed by atoms with Crippen LogP contribution in [-0.2, 0) is 6.54 Å². The average molecular weight is 382 g/mol. The predicted octanol–water partition coefficient (Wildman–Crippen LogP) is 5.01. The number of nitrogens with zero attached hydrogens (tertiary/aromatic N) is 2. The van der Waals surface area contributed by atoms with Crippen LogP contribution in [0.15, 0.2) is 59.1 Å². The molecule has 0 spiro atoms. The highest BCUT2D eigenvalue weighted by atomic mass is 35.5. The standard InChI is InChI=1S/C20H16ClN3O3/c1-12-10-22-19(27-12)18-17(21)15-4-2-3-5-16(15)24(18)14-8-6-13(7-9-14)11-23-20(25)26/h2-10,23H,11H2,1H3,(H,25,26). The summed E-state index contributed by atoms with van der Waals surface area (Å²) in [6.07, 6.45) is 0.609. The number of halogens is 1. The number of hydrogen-bond donors (Lipinski definition) is 2. The molecular formula is C20H16ClN3O3. The monoisotopic (exact) mass is 381 g/mol. The Morgan fingerprint density at radius 2 is 1.96 bits per heavy atom. The van der Waals surface area contributed by atoms with Crippen LogP contribution in [0.3, 0.4) is 0 Å². The molecule has 27 heavy (non-hydrogen) atoms. The number of carboxylic acid groups (broad SMARTS) is 1. The van der Waals surface area contributed by atoms with Crippen molar-refractivity contribution in [2.24, 2.45) is 0 Å². The maximum absolute atomic E-state index is 10.7. The van der Waals surface area contributed by atoms with Crippen LogP contribution in [0, 0.1) is 6.92 Å². The van der Waals surface area contributed by atoms with Crippen molar-refractivity contribution in [3.05, 3.63) is 71.1 Å². The summed E-state index contributed by atoms with van der Waals surface area (Å²) in [5.41, 5.74) is 3.35. The molecule has 2 aromatic carbocycles. The summed E-state index contributed by atoms with van der Waals surface area (Å²) in [5.74, 6) is 1.15. The second-order valence-electron chi connectivity index (χ2n) is 6.12. The van der Waals surface area contributed by atoms with Gasteiger partial charge in [0.05, 0.1) is 16.7 Å². The summed E-state index contributed by atoms with van der Waals surface area (Å²) < 4.78 is 7.74. The zero-order valence-electron chi connectivity index (χ0n) is 14.4. The lowest BCUT2D eigenvalue weighted by atomic mass is 10.2. The zero-order valence-corrected chi connectivity index (χ0v) is 15.2. The lowest BCUT2D eigenvalue weighted by Gasteiger charge is -2.10. The molecule has 0 unspecified atom stereocenters. The van der Waals surface area contributed by atoms with Gasteiger partial charge in [-0.2, -0.15) is 0 Å². The summed E-state index contributed by atoms with van der Waals surface area (Å²) in [7, 11) is 0. The fraction of sp³-hybridized carbons (Fsp3) is 0.100. The van der Waals surface area contributed by atoms with E-state index in [-0.39, 0.29) is 6.54 Å². The number of hydrogen-bond acceptors (Lipinski definition) is 3. The number of carbonyl (C=O) groups is 1. The minimum Gasteiger partial charge on any atom is -0.465 e. The van der Waals surface area contributed by atoms with Crippen LogP contribution in [0.1, 0.15) is 11.3 Å². The van der Waals surface area contributed by atoms with Gasteiger partial charge in [-0.3, -0.25) is 0 Å². The molecule has 6 nitrogen and oxygen atoms in total. The number of rotatable bonds is 4. The number of para-hydroxylation sites is 1. The highest BCUT2D eigenvalue weighted by Gasteiger charge is 2.21. The van der Waals surface area contributed by atoms with Gasteiger partial charge in [-0.25, -0.2) is 9.78 Å². The van der Waals surface area contributed by atoms with E-state index in [2.05, 4.69) is 10.3 Å². The number of fused-ring (bicyclic) bond motifs is 1. The topological polar surface area (TPSA) is 80.3 Å². The Morgan fingerprint density at radius 3 is 2.63 bits per heavy atom. The molecule has 4 aromatic rings. The van der Waals surface area contributed by atoms with Gasteiger partial charge < -0.3 is 19.4 Å². The zero-order chi connectivity index (χ0) is 19.0. The van der Waals surface area contributed by atoms with Gasteiger partial charge in [-0.15, -0.1) is 0 Å². The van der Waals surface area contributed by atoms with Gasteiger partial charge in [0, 0.05) is 17.6 Å². The Morgan fingerprint density at radius 1 is 1.22 bits per heavy atom. The molecule has 0 aliphatic heterocycles. The van der Waals surface area contributed by atoms with E-state index >= 15 is 0 Å². The number of aryl methyl sites for hydroxylation is 1. The van der Waals surface area contributed by atoms with E-state index in [1.807, 2.05) is 60.0 Å². The molecule has 1 amide bonds. The van der Waals surface area contributed by atoms with Crippen molar-refractivity contribution in [2.75, 3.05) is 0 Å². The van der Waals surface area contributed by atoms with Crippen LogP contribution in [0.2, 0.25) is 5.02 Å². The molecule has 0 bridgehead atoms. The Bertz CT molecular complexity index is 1130. The average Bonchev–Trinajstić information content (AvgIpc) is 3.22. The Labute approximate surface area is 160 Å². The minimum absolute atomic E-state index is 0.245. The molecule has 2 N–H and O–H groups in total. The van der Waals surface area contributed by atoms with E-state index in [0.29, 0.717) is 22.4 Å². The van der Waals surface area contributed by atoms with Crippen molar-refractivity contribution >= 4 is 28.6 Å². The van der Waals surface area contributed by atoms with Crippen molar-refractivity contribution in [1.29, 1.82) is 0 Å². The SMILES string of the molecule is Cc1cnc(-c2c(Cl)c3ccccc3n2-c2ccc(CNC(=O)O)cc2)o1. The van der Waals surface area contributed by atoms with E-state index in [9.17, 15) is 4.79 Å². The molecule has 0 saturated heterocycles. The normalized spacial score (nSPS) is 11.0. The molecule has 0 aliphatic rings. The van der Waals surface area contributed by atoms with Crippen LogP contribution >= 0.6 is 11.6 Å². The maximum atomic E-state index is 10.7. The van der Waals surface area contributed by atoms with Crippen LogP contribution < -0.4 is 5.32 Å². The third-order valence-corrected chi connectivity index (χ3v) is 4.66. The third-order valence-electron chi connectivity index (χ3n) is 4.28. The van der Waals surface area contributed by atoms with E-state index in [1.165, 1.54) is 0 Å². The van der Waals surface area contributed by atoms with Crippen LogP contribution in [0.25, 0.3) is 28.2 Å². The Hall–Kier alpha value is -3.25. The van der Waals surface area contributed by atoms with Gasteiger partial charge in [0.15, 0.2) is 0 Å². The minimum atomic E-state index is -1.05. The molecule has 7 heteroatoms. The van der Waals surface area contributed by atoms with Crippen LogP contribution in [0.5, 0.6) is 0 Å². The summed E-state index contributed by atoms with van der Waals surface area (Å²) in [6, 6.07) is 15.4. The van der Waals surface area contributed by atoms with E-state index in [1.54, 1.807) is 6.20 Å². The second-order valence-corrected chi connectivity index (χ2v) is 6.49. The number of benzene rings is 2. The molecule has 0 fully saturated rings. The Balaban J connectivity index is 1.86. The van der Waals surface area contributed by atoms with E-state index in [4.69, 9.17) is 21.1 Å². The molecule has 4 rings (SSSR count). The van der Waals surface area contributed by atoms with Crippen molar-refractivity contribution in [2.45, 2.75) is 13.5 Å². The quantitative estimate of drug-likeness (QED) is 0.520. The van der Waals surface area contributed by atoms with Gasteiger partial charge in [-0.1, -0.05) is 41.9 Å². The number of amides is 1. The first-order chi connectivity index (χ1) is 13.0. The predicted molar refractivity (Wildman–Crippen MR) is 103 cm³/mol. The summed E-state index contributed by atoms with van der Waals surface area (Å²) >= 11 is 6.68. The number of nitrogens with one attached hydrogen (secondary N) is 1. The van der Waals surface area contributed by atoms with E-state index in [0.717, 1.165) is 22.2 Å². The summed E-state index contributed by atoms with van der Waals surface area (Å²) in [6.45, 7) is 2.08. The van der Waals surface area contributed by atoms with Gasteiger partial charge >= 0.3 is 6.09 Å². The highest BCUT2D eigenvalue weighted by molar-refractivity contribution is 6.38. The highest BCUT2D eigenvalue weighted by Crippen LogP contribution is 2.39. The van der Waals surface area contributed by atoms with E-state index < -0.39 is 6.09 Å². The molecule has 0 atom stereocenters. The molecule has 0 radical (unpaired) electrons. The lowest BCUT2D eigenvalue weighted by molar-refractivity contribution is 0.194. The van der Waals surface area contributed by atoms with Gasteiger partial charge in [0.1, 0.15) is 11.5 Å². The third kappa shape index (κ3) is 3.15. The number of oxazole rings is 1. The van der Waals surface area contributed by atoms with Crippen LogP contribution in [0.4, 0.5) is 4.79 Å². The maximum Gasteiger partial charge on any atom is 0.404 e. The van der Waals surface area contributed by atoms with Crippen molar-refractivity contribution < 1.29 is 14.3 Å². The molecule has 2 heterocycles. The van der Waals surface area contributed by atoms with Gasteiger partial charge in [-0.05, 0) is 30.7 Å². The second kappa shape index (κ2) is 6.81. The summed E-state index contributed by atoms with van der Waals surface area (Å²) in [5, 5.41) is 12.6. The smallest absolute Gasteiger partial charge is 0.404 e. The molecule has 0 aliphatic carbocycles. The molecule has 2 aromatic heterocycles. The molecular weight excluding hydrogens is 366 g/mol. The van der Waals surface area contributed by atoms with Gasteiger partial charge in [0.2, 0.25) is 5.89 Å². The van der Waals surface area contributed by atoms with Gasteiger partial charge in [0.25, 0.3) is 0 Å². The first-order valence-corrected chi connectivity index (χ1v) is 8.70. The first-order valence-electron chi connectivity index (χ1n) is 8.32. The fourth-order valence-corrected chi connectivity index (χ4v) is 3.39. The lowest BCUT2D eigenvalue weighted by Crippen LogP contribution is -2.19. The summed E-state index contributed by atoms with van der Waals surface area (Å²) in [4.78, 5) is 15.0. The largest absolute Gasteiger partial charge is 0.465 e. The first kappa shape index (κ1) is 17.2. The molecule has 136 valence electrons. The molecule has 0 saturated carbocycles. The van der Waals surface area contributed by atoms with Crippen molar-refractivity contribution in [3.8, 4) is 17.3 Å². The Kier molecular flexibility index (Phi) is 4.33. The van der Waals surface area contributed by atoms with Crippen molar-refractivity contribution in [3.63, 3.8) is 0 Å². The number of aromatic nitrogens is 2. The van der Waals surface area contributed by atoms with Crippen molar-refractivity contribution in [1.82, 2.24) is 14.9 Å². The van der Waals surface area contributed by atoms with Crippen LogP contribution in [-0.4, -0.2) is 20.8 Å². The fourth-order valence-electron chi connectivity index (χ4n) is 3.06.